The van der Waals surface area contributed by atoms with Gasteiger partial charge in [-0.2, -0.15) is 0 Å². The van der Waals surface area contributed by atoms with E-state index in [0.29, 0.717) is 11.4 Å². The summed E-state index contributed by atoms with van der Waals surface area (Å²) in [5.74, 6) is 0.857. The van der Waals surface area contributed by atoms with E-state index >= 15 is 0 Å². The summed E-state index contributed by atoms with van der Waals surface area (Å²) in [6.07, 6.45) is 8.26. The molecule has 1 N–H and O–H groups in total. The van der Waals surface area contributed by atoms with E-state index in [-0.39, 0.29) is 5.91 Å². The molecule has 19 heavy (non-hydrogen) atoms. The Morgan fingerprint density at radius 2 is 2.05 bits per heavy atom. The van der Waals surface area contributed by atoms with E-state index in [1.807, 2.05) is 25.1 Å². The van der Waals surface area contributed by atoms with Gasteiger partial charge >= 0.3 is 0 Å². The molecule has 0 aromatic heterocycles. The highest BCUT2D eigenvalue weighted by Gasteiger charge is 2.15. The van der Waals surface area contributed by atoms with Gasteiger partial charge in [0.2, 0.25) is 5.91 Å². The number of aryl methyl sites for hydroxylation is 1. The maximum Gasteiger partial charge on any atom is 0.224 e. The van der Waals surface area contributed by atoms with E-state index in [1.54, 1.807) is 0 Å². The van der Waals surface area contributed by atoms with Crippen LogP contribution in [0.2, 0.25) is 5.02 Å². The Hall–Kier alpha value is -1.02. The van der Waals surface area contributed by atoms with Crippen LogP contribution in [0.1, 0.15) is 50.5 Å². The van der Waals surface area contributed by atoms with E-state index in [1.165, 1.54) is 32.1 Å². The second-order valence-electron chi connectivity index (χ2n) is 5.55. The standard InChI is InChI=1S/C16H22ClNO/c1-12-7-9-14(17)11-15(12)18-16(19)10-8-13-5-3-2-4-6-13/h7,9,11,13H,2-6,8,10H2,1H3,(H,18,19). The van der Waals surface area contributed by atoms with Crippen LogP contribution >= 0.6 is 11.6 Å². The molecule has 0 bridgehead atoms. The predicted molar refractivity (Wildman–Crippen MR) is 80.6 cm³/mol. The molecule has 1 aliphatic rings. The molecule has 104 valence electrons. The van der Waals surface area contributed by atoms with Crippen LogP contribution in [-0.4, -0.2) is 5.91 Å². The molecule has 1 aliphatic carbocycles. The van der Waals surface area contributed by atoms with E-state index in [0.717, 1.165) is 23.6 Å². The Balaban J connectivity index is 1.81. The Labute approximate surface area is 120 Å². The zero-order valence-corrected chi connectivity index (χ0v) is 12.3. The molecule has 0 atom stereocenters. The van der Waals surface area contributed by atoms with Crippen molar-refractivity contribution >= 4 is 23.2 Å². The third kappa shape index (κ3) is 4.54. The molecule has 0 heterocycles. The molecular weight excluding hydrogens is 258 g/mol. The number of rotatable bonds is 4. The number of hydrogen-bond donors (Lipinski definition) is 1. The number of carbonyl (C=O) groups excluding carboxylic acids is 1. The minimum atomic E-state index is 0.107. The quantitative estimate of drug-likeness (QED) is 0.830. The second-order valence-corrected chi connectivity index (χ2v) is 5.99. The van der Waals surface area contributed by atoms with Crippen molar-refractivity contribution in [1.82, 2.24) is 0 Å². The maximum atomic E-state index is 12.0. The van der Waals surface area contributed by atoms with Gasteiger partial charge in [-0.25, -0.2) is 0 Å². The first-order valence-corrected chi connectivity index (χ1v) is 7.59. The summed E-state index contributed by atoms with van der Waals surface area (Å²) in [7, 11) is 0. The number of nitrogens with one attached hydrogen (secondary N) is 1. The molecule has 0 saturated heterocycles. The second kappa shape index (κ2) is 6.95. The highest BCUT2D eigenvalue weighted by molar-refractivity contribution is 6.31. The molecule has 0 aliphatic heterocycles. The molecule has 1 fully saturated rings. The van der Waals surface area contributed by atoms with Gasteiger partial charge in [0.1, 0.15) is 0 Å². The first-order chi connectivity index (χ1) is 9.15. The van der Waals surface area contributed by atoms with Gasteiger partial charge in [0, 0.05) is 17.1 Å². The molecule has 2 rings (SSSR count). The molecule has 1 amide bonds. The van der Waals surface area contributed by atoms with Crippen molar-refractivity contribution in [2.75, 3.05) is 5.32 Å². The molecule has 0 unspecified atom stereocenters. The Morgan fingerprint density at radius 1 is 1.32 bits per heavy atom. The Kier molecular flexibility index (Phi) is 5.26. The van der Waals surface area contributed by atoms with E-state index in [4.69, 9.17) is 11.6 Å². The Morgan fingerprint density at radius 3 is 2.79 bits per heavy atom. The fourth-order valence-corrected chi connectivity index (χ4v) is 2.92. The summed E-state index contributed by atoms with van der Waals surface area (Å²) in [4.78, 5) is 12.0. The SMILES string of the molecule is Cc1ccc(Cl)cc1NC(=O)CCC1CCCCC1. The number of amides is 1. The summed E-state index contributed by atoms with van der Waals surface area (Å²) in [6.45, 7) is 1.98. The van der Waals surface area contributed by atoms with Gasteiger partial charge in [0.25, 0.3) is 0 Å². The zero-order valence-electron chi connectivity index (χ0n) is 11.5. The Bertz CT molecular complexity index is 438. The van der Waals surface area contributed by atoms with E-state index in [9.17, 15) is 4.79 Å². The van der Waals surface area contributed by atoms with Gasteiger partial charge in [-0.3, -0.25) is 4.79 Å². The highest BCUT2D eigenvalue weighted by atomic mass is 35.5. The van der Waals surface area contributed by atoms with E-state index in [2.05, 4.69) is 5.32 Å². The lowest BCUT2D eigenvalue weighted by Crippen LogP contribution is -2.15. The fourth-order valence-electron chi connectivity index (χ4n) is 2.75. The molecule has 1 aromatic carbocycles. The minimum absolute atomic E-state index is 0.107. The number of benzene rings is 1. The lowest BCUT2D eigenvalue weighted by atomic mass is 9.86. The number of hydrogen-bond acceptors (Lipinski definition) is 1. The van der Waals surface area contributed by atoms with Gasteiger partial charge in [0.15, 0.2) is 0 Å². The van der Waals surface area contributed by atoms with Crippen LogP contribution in [0.3, 0.4) is 0 Å². The van der Waals surface area contributed by atoms with Crippen LogP contribution in [0, 0.1) is 12.8 Å². The van der Waals surface area contributed by atoms with Crippen molar-refractivity contribution in [3.05, 3.63) is 28.8 Å². The normalized spacial score (nSPS) is 16.3. The summed E-state index contributed by atoms with van der Waals surface area (Å²) >= 11 is 5.95. The van der Waals surface area contributed by atoms with Crippen LogP contribution in [0.15, 0.2) is 18.2 Å². The summed E-state index contributed by atoms with van der Waals surface area (Å²) in [5.41, 5.74) is 1.89. The van der Waals surface area contributed by atoms with Crippen molar-refractivity contribution < 1.29 is 4.79 Å². The van der Waals surface area contributed by atoms with Crippen molar-refractivity contribution in [2.45, 2.75) is 51.9 Å². The smallest absolute Gasteiger partial charge is 0.224 e. The molecule has 1 aromatic rings. The van der Waals surface area contributed by atoms with Gasteiger partial charge in [-0.1, -0.05) is 49.8 Å². The van der Waals surface area contributed by atoms with Crippen LogP contribution < -0.4 is 5.32 Å². The number of halogens is 1. The van der Waals surface area contributed by atoms with Crippen LogP contribution in [-0.2, 0) is 4.79 Å². The molecule has 1 saturated carbocycles. The van der Waals surface area contributed by atoms with E-state index < -0.39 is 0 Å². The van der Waals surface area contributed by atoms with Crippen LogP contribution in [0.25, 0.3) is 0 Å². The largest absolute Gasteiger partial charge is 0.326 e. The minimum Gasteiger partial charge on any atom is -0.326 e. The van der Waals surface area contributed by atoms with Gasteiger partial charge in [0.05, 0.1) is 0 Å². The number of anilines is 1. The third-order valence-corrected chi connectivity index (χ3v) is 4.21. The van der Waals surface area contributed by atoms with Crippen LogP contribution in [0.4, 0.5) is 5.69 Å². The average molecular weight is 280 g/mol. The summed E-state index contributed by atoms with van der Waals surface area (Å²) in [5, 5.41) is 3.63. The summed E-state index contributed by atoms with van der Waals surface area (Å²) < 4.78 is 0. The summed E-state index contributed by atoms with van der Waals surface area (Å²) in [6, 6.07) is 5.59. The first kappa shape index (κ1) is 14.4. The molecule has 2 nitrogen and oxygen atoms in total. The third-order valence-electron chi connectivity index (χ3n) is 3.98. The molecule has 0 spiro atoms. The number of carbonyl (C=O) groups is 1. The molecular formula is C16H22ClNO. The van der Waals surface area contributed by atoms with Gasteiger partial charge in [-0.05, 0) is 37.0 Å². The lowest BCUT2D eigenvalue weighted by molar-refractivity contribution is -0.116. The first-order valence-electron chi connectivity index (χ1n) is 7.21. The van der Waals surface area contributed by atoms with Crippen LogP contribution in [0.5, 0.6) is 0 Å². The zero-order chi connectivity index (χ0) is 13.7. The van der Waals surface area contributed by atoms with Crippen molar-refractivity contribution in [3.8, 4) is 0 Å². The molecule has 3 heteroatoms. The monoisotopic (exact) mass is 279 g/mol. The predicted octanol–water partition coefficient (Wildman–Crippen LogP) is 4.95. The topological polar surface area (TPSA) is 29.1 Å². The van der Waals surface area contributed by atoms with Crippen molar-refractivity contribution in [1.29, 1.82) is 0 Å². The highest BCUT2D eigenvalue weighted by Crippen LogP contribution is 2.27. The van der Waals surface area contributed by atoms with Crippen molar-refractivity contribution in [2.24, 2.45) is 5.92 Å². The molecule has 0 radical (unpaired) electrons. The maximum absolute atomic E-state index is 12.0. The van der Waals surface area contributed by atoms with Gasteiger partial charge in [-0.15, -0.1) is 0 Å². The van der Waals surface area contributed by atoms with Crippen molar-refractivity contribution in [3.63, 3.8) is 0 Å². The lowest BCUT2D eigenvalue weighted by Gasteiger charge is -2.21. The van der Waals surface area contributed by atoms with Gasteiger partial charge < -0.3 is 5.32 Å². The average Bonchev–Trinajstić information content (AvgIpc) is 2.42. The fraction of sp³-hybridized carbons (Fsp3) is 0.562.